The van der Waals surface area contributed by atoms with E-state index >= 15 is 0 Å². The van der Waals surface area contributed by atoms with Gasteiger partial charge in [-0.3, -0.25) is 4.79 Å². The number of nitrogens with one attached hydrogen (secondary N) is 1. The van der Waals surface area contributed by atoms with Gasteiger partial charge in [-0.1, -0.05) is 28.1 Å². The number of aryl methyl sites for hydroxylation is 1. The monoisotopic (exact) mass is 406 g/mol. The fourth-order valence-electron chi connectivity index (χ4n) is 2.12. The molecule has 3 rings (SSSR count). The quantitative estimate of drug-likeness (QED) is 0.660. The van der Waals surface area contributed by atoms with Crippen molar-refractivity contribution in [1.82, 2.24) is 10.3 Å². The number of rotatable bonds is 5. The molecule has 0 fully saturated rings. The molecule has 0 aliphatic carbocycles. The summed E-state index contributed by atoms with van der Waals surface area (Å²) in [4.78, 5) is 18.8. The van der Waals surface area contributed by atoms with E-state index in [1.54, 1.807) is 22.7 Å². The van der Waals surface area contributed by atoms with Crippen molar-refractivity contribution in [3.05, 3.63) is 61.7 Å². The van der Waals surface area contributed by atoms with Crippen molar-refractivity contribution in [2.75, 3.05) is 0 Å². The zero-order valence-electron chi connectivity index (χ0n) is 12.5. The van der Waals surface area contributed by atoms with Gasteiger partial charge in [0.25, 0.3) is 0 Å². The summed E-state index contributed by atoms with van der Waals surface area (Å²) in [6, 6.07) is 11.9. The number of thiazole rings is 1. The van der Waals surface area contributed by atoms with Crippen LogP contribution in [0.15, 0.2) is 46.3 Å². The smallest absolute Gasteiger partial charge is 0.224 e. The minimum absolute atomic E-state index is 0.0341. The van der Waals surface area contributed by atoms with E-state index in [1.165, 1.54) is 0 Å². The summed E-state index contributed by atoms with van der Waals surface area (Å²) in [5.74, 6) is 0.0341. The highest BCUT2D eigenvalue weighted by Crippen LogP contribution is 2.28. The average molecular weight is 407 g/mol. The van der Waals surface area contributed by atoms with Crippen molar-refractivity contribution in [2.45, 2.75) is 19.9 Å². The molecule has 3 aromatic rings. The Balaban J connectivity index is 1.55. The van der Waals surface area contributed by atoms with E-state index in [4.69, 9.17) is 0 Å². The Bertz CT molecular complexity index is 808. The highest BCUT2D eigenvalue weighted by atomic mass is 79.9. The third-order valence-corrected chi connectivity index (χ3v) is 5.68. The number of thiophene rings is 1. The number of hydrogen-bond acceptors (Lipinski definition) is 4. The summed E-state index contributed by atoms with van der Waals surface area (Å²) in [6.07, 6.45) is 0.400. The molecule has 2 heterocycles. The molecule has 1 N–H and O–H groups in total. The van der Waals surface area contributed by atoms with Crippen molar-refractivity contribution in [3.8, 4) is 10.6 Å². The number of carbonyl (C=O) groups excluding carboxylic acids is 1. The van der Waals surface area contributed by atoms with Gasteiger partial charge in [-0.05, 0) is 36.8 Å². The summed E-state index contributed by atoms with van der Waals surface area (Å²) in [5.41, 5.74) is 2.03. The van der Waals surface area contributed by atoms with Crippen LogP contribution < -0.4 is 5.32 Å². The highest BCUT2D eigenvalue weighted by molar-refractivity contribution is 9.10. The summed E-state index contributed by atoms with van der Waals surface area (Å²) in [5, 5.41) is 6.11. The number of aromatic nitrogens is 1. The number of amides is 1. The molecule has 1 aromatic carbocycles. The zero-order chi connectivity index (χ0) is 16.2. The van der Waals surface area contributed by atoms with E-state index in [-0.39, 0.29) is 5.91 Å². The lowest BCUT2D eigenvalue weighted by Gasteiger charge is -2.04. The summed E-state index contributed by atoms with van der Waals surface area (Å²) >= 11 is 6.72. The standard InChI is InChI=1S/C17H15BrN2OS2/c1-11-20-15(10-22-11)16-7-6-14(23-16)9-19-17(21)8-12-2-4-13(18)5-3-12/h2-7,10H,8-9H2,1H3,(H,19,21). The molecule has 3 nitrogen and oxygen atoms in total. The highest BCUT2D eigenvalue weighted by Gasteiger charge is 2.08. The van der Waals surface area contributed by atoms with Crippen LogP contribution in [0.1, 0.15) is 15.4 Å². The number of carbonyl (C=O) groups is 1. The number of nitrogens with zero attached hydrogens (tertiary/aromatic N) is 1. The van der Waals surface area contributed by atoms with E-state index in [0.717, 1.165) is 30.5 Å². The van der Waals surface area contributed by atoms with Crippen LogP contribution in [0, 0.1) is 6.92 Å². The van der Waals surface area contributed by atoms with Crippen molar-refractivity contribution < 1.29 is 4.79 Å². The Hall–Kier alpha value is -1.50. The molecule has 0 spiro atoms. The zero-order valence-corrected chi connectivity index (χ0v) is 15.7. The van der Waals surface area contributed by atoms with Crippen molar-refractivity contribution in [3.63, 3.8) is 0 Å². The molecule has 23 heavy (non-hydrogen) atoms. The lowest BCUT2D eigenvalue weighted by Crippen LogP contribution is -2.24. The largest absolute Gasteiger partial charge is 0.351 e. The molecule has 0 saturated heterocycles. The Labute approximate surface area is 151 Å². The van der Waals surface area contributed by atoms with Gasteiger partial charge in [0.05, 0.1) is 28.5 Å². The van der Waals surface area contributed by atoms with Crippen molar-refractivity contribution in [1.29, 1.82) is 0 Å². The van der Waals surface area contributed by atoms with Crippen molar-refractivity contribution >= 4 is 44.5 Å². The summed E-state index contributed by atoms with van der Waals surface area (Å²) in [7, 11) is 0. The summed E-state index contributed by atoms with van der Waals surface area (Å²) < 4.78 is 1.02. The molecule has 0 unspecified atom stereocenters. The lowest BCUT2D eigenvalue weighted by molar-refractivity contribution is -0.120. The first kappa shape index (κ1) is 16.4. The Kier molecular flexibility index (Phi) is 5.25. The lowest BCUT2D eigenvalue weighted by atomic mass is 10.1. The van der Waals surface area contributed by atoms with Crippen LogP contribution in [-0.4, -0.2) is 10.9 Å². The first-order chi connectivity index (χ1) is 11.1. The van der Waals surface area contributed by atoms with E-state index in [0.29, 0.717) is 13.0 Å². The second-order valence-corrected chi connectivity index (χ2v) is 8.24. The van der Waals surface area contributed by atoms with Gasteiger partial charge in [0.15, 0.2) is 0 Å². The van der Waals surface area contributed by atoms with Gasteiger partial charge < -0.3 is 5.32 Å². The molecule has 118 valence electrons. The van der Waals surface area contributed by atoms with Crippen LogP contribution in [0.2, 0.25) is 0 Å². The van der Waals surface area contributed by atoms with Crippen LogP contribution in [0.5, 0.6) is 0 Å². The fraction of sp³-hybridized carbons (Fsp3) is 0.176. The third kappa shape index (κ3) is 4.50. The van der Waals surface area contributed by atoms with Gasteiger partial charge >= 0.3 is 0 Å². The second-order valence-electron chi connectivity index (χ2n) is 5.10. The second kappa shape index (κ2) is 7.38. The van der Waals surface area contributed by atoms with Crippen LogP contribution in [0.3, 0.4) is 0 Å². The molecule has 1 amide bonds. The predicted octanol–water partition coefficient (Wildman–Crippen LogP) is 4.80. The van der Waals surface area contributed by atoms with Crippen LogP contribution in [-0.2, 0) is 17.8 Å². The van der Waals surface area contributed by atoms with Gasteiger partial charge in [0.1, 0.15) is 0 Å². The van der Waals surface area contributed by atoms with Gasteiger partial charge in [-0.25, -0.2) is 4.98 Å². The first-order valence-electron chi connectivity index (χ1n) is 7.12. The molecule has 2 aromatic heterocycles. The predicted molar refractivity (Wildman–Crippen MR) is 99.9 cm³/mol. The van der Waals surface area contributed by atoms with Crippen LogP contribution in [0.25, 0.3) is 10.6 Å². The molecule has 0 atom stereocenters. The molecular weight excluding hydrogens is 392 g/mol. The molecule has 0 saturated carbocycles. The Morgan fingerprint density at radius 1 is 1.22 bits per heavy atom. The van der Waals surface area contributed by atoms with Crippen LogP contribution in [0.4, 0.5) is 0 Å². The number of benzene rings is 1. The van der Waals surface area contributed by atoms with Crippen molar-refractivity contribution in [2.24, 2.45) is 0 Å². The molecule has 0 aliphatic heterocycles. The average Bonchev–Trinajstić information content (AvgIpc) is 3.16. The van der Waals surface area contributed by atoms with E-state index < -0.39 is 0 Å². The fourth-order valence-corrected chi connectivity index (χ4v) is 3.98. The maximum absolute atomic E-state index is 12.0. The Morgan fingerprint density at radius 3 is 2.70 bits per heavy atom. The minimum atomic E-state index is 0.0341. The van der Waals surface area contributed by atoms with Gasteiger partial charge in [-0.2, -0.15) is 0 Å². The van der Waals surface area contributed by atoms with E-state index in [9.17, 15) is 4.79 Å². The normalized spacial score (nSPS) is 10.7. The van der Waals surface area contributed by atoms with E-state index in [1.807, 2.05) is 31.2 Å². The number of hydrogen-bond donors (Lipinski definition) is 1. The maximum Gasteiger partial charge on any atom is 0.224 e. The van der Waals surface area contributed by atoms with Crippen LogP contribution >= 0.6 is 38.6 Å². The molecule has 6 heteroatoms. The van der Waals surface area contributed by atoms with Gasteiger partial charge in [0.2, 0.25) is 5.91 Å². The SMILES string of the molecule is Cc1nc(-c2ccc(CNC(=O)Cc3ccc(Br)cc3)s2)cs1. The molecule has 0 radical (unpaired) electrons. The first-order valence-corrected chi connectivity index (χ1v) is 9.61. The number of halogens is 1. The molecule has 0 aliphatic rings. The Morgan fingerprint density at radius 2 is 2.00 bits per heavy atom. The summed E-state index contributed by atoms with van der Waals surface area (Å²) in [6.45, 7) is 2.56. The van der Waals surface area contributed by atoms with Gasteiger partial charge in [0, 0.05) is 14.7 Å². The van der Waals surface area contributed by atoms with Gasteiger partial charge in [-0.15, -0.1) is 22.7 Å². The topological polar surface area (TPSA) is 42.0 Å². The third-order valence-electron chi connectivity index (χ3n) is 3.27. The molecular formula is C17H15BrN2OS2. The minimum Gasteiger partial charge on any atom is -0.351 e. The van der Waals surface area contributed by atoms with E-state index in [2.05, 4.69) is 43.7 Å². The maximum atomic E-state index is 12.0. The molecule has 0 bridgehead atoms.